The molecular weight excluding hydrogens is 349 g/mol. The summed E-state index contributed by atoms with van der Waals surface area (Å²) in [6, 6.07) is 9.94. The summed E-state index contributed by atoms with van der Waals surface area (Å²) in [5.41, 5.74) is 1.95. The fourth-order valence-corrected chi connectivity index (χ4v) is 3.84. The SMILES string of the molecule is Cc1ccsc1C=CC(=O)N1CCN(C(C#N)c2ccc(F)cc2)CC1. The van der Waals surface area contributed by atoms with Crippen molar-refractivity contribution in [2.45, 2.75) is 13.0 Å². The van der Waals surface area contributed by atoms with E-state index in [0.29, 0.717) is 26.2 Å². The van der Waals surface area contributed by atoms with E-state index in [2.05, 4.69) is 6.07 Å². The summed E-state index contributed by atoms with van der Waals surface area (Å²) in [6.07, 6.45) is 3.49. The van der Waals surface area contributed by atoms with Gasteiger partial charge in [0, 0.05) is 37.1 Å². The molecule has 4 nitrogen and oxygen atoms in total. The van der Waals surface area contributed by atoms with Crippen LogP contribution in [0.5, 0.6) is 0 Å². The zero-order valence-corrected chi connectivity index (χ0v) is 15.4. The maximum atomic E-state index is 13.1. The molecule has 0 bridgehead atoms. The van der Waals surface area contributed by atoms with Crippen LogP contribution in [-0.2, 0) is 4.79 Å². The Hall–Kier alpha value is -2.49. The minimum absolute atomic E-state index is 0.00672. The van der Waals surface area contributed by atoms with Gasteiger partial charge < -0.3 is 4.90 Å². The van der Waals surface area contributed by atoms with Gasteiger partial charge in [0.15, 0.2) is 0 Å². The molecule has 1 aromatic heterocycles. The maximum Gasteiger partial charge on any atom is 0.246 e. The first-order valence-corrected chi connectivity index (χ1v) is 9.36. The van der Waals surface area contributed by atoms with Crippen LogP contribution in [0.2, 0.25) is 0 Å². The van der Waals surface area contributed by atoms with Crippen LogP contribution in [0.1, 0.15) is 22.0 Å². The van der Waals surface area contributed by atoms with E-state index in [1.807, 2.05) is 29.3 Å². The van der Waals surface area contributed by atoms with E-state index in [1.165, 1.54) is 17.7 Å². The lowest BCUT2D eigenvalue weighted by Gasteiger charge is -2.36. The van der Waals surface area contributed by atoms with Crippen LogP contribution in [0.4, 0.5) is 4.39 Å². The Balaban J connectivity index is 1.58. The Morgan fingerprint density at radius 3 is 2.50 bits per heavy atom. The van der Waals surface area contributed by atoms with Crippen molar-refractivity contribution in [3.05, 3.63) is 63.6 Å². The molecule has 0 spiro atoms. The molecule has 0 radical (unpaired) electrons. The molecule has 0 saturated carbocycles. The highest BCUT2D eigenvalue weighted by molar-refractivity contribution is 7.11. The number of carbonyl (C=O) groups excluding carboxylic acids is 1. The average molecular weight is 369 g/mol. The normalized spacial score (nSPS) is 16.6. The van der Waals surface area contributed by atoms with Crippen molar-refractivity contribution in [3.63, 3.8) is 0 Å². The third-order valence-electron chi connectivity index (χ3n) is 4.58. The number of hydrogen-bond donors (Lipinski definition) is 0. The van der Waals surface area contributed by atoms with Gasteiger partial charge in [-0.05, 0) is 47.7 Å². The number of benzene rings is 1. The molecule has 1 aromatic carbocycles. The minimum atomic E-state index is -0.419. The van der Waals surface area contributed by atoms with E-state index in [-0.39, 0.29) is 11.7 Å². The van der Waals surface area contributed by atoms with Crippen molar-refractivity contribution < 1.29 is 9.18 Å². The van der Waals surface area contributed by atoms with E-state index in [1.54, 1.807) is 34.4 Å². The number of thiophene rings is 1. The number of amides is 1. The van der Waals surface area contributed by atoms with Gasteiger partial charge in [-0.25, -0.2) is 4.39 Å². The van der Waals surface area contributed by atoms with Gasteiger partial charge >= 0.3 is 0 Å². The van der Waals surface area contributed by atoms with Crippen LogP contribution in [-0.4, -0.2) is 41.9 Å². The summed E-state index contributed by atoms with van der Waals surface area (Å²) in [6.45, 7) is 4.41. The minimum Gasteiger partial charge on any atom is -0.337 e. The first-order chi connectivity index (χ1) is 12.6. The highest BCUT2D eigenvalue weighted by Crippen LogP contribution is 2.22. The standard InChI is InChI=1S/C20H20FN3OS/c1-15-8-13-26-19(15)6-7-20(25)24-11-9-23(10-12-24)18(14-22)16-2-4-17(21)5-3-16/h2-8,13,18H,9-12H2,1H3. The second kappa shape index (κ2) is 8.26. The van der Waals surface area contributed by atoms with Gasteiger partial charge in [0.25, 0.3) is 0 Å². The molecule has 26 heavy (non-hydrogen) atoms. The number of hydrogen-bond acceptors (Lipinski definition) is 4. The molecular formula is C20H20FN3OS. The Morgan fingerprint density at radius 1 is 1.23 bits per heavy atom. The lowest BCUT2D eigenvalue weighted by Crippen LogP contribution is -2.49. The number of carbonyl (C=O) groups is 1. The predicted molar refractivity (Wildman–Crippen MR) is 101 cm³/mol. The Labute approximate surface area is 156 Å². The van der Waals surface area contributed by atoms with Crippen molar-refractivity contribution >= 4 is 23.3 Å². The number of piperazine rings is 1. The van der Waals surface area contributed by atoms with E-state index < -0.39 is 6.04 Å². The molecule has 3 rings (SSSR count). The Bertz CT molecular complexity index is 829. The van der Waals surface area contributed by atoms with Crippen molar-refractivity contribution in [2.75, 3.05) is 26.2 Å². The third-order valence-corrected chi connectivity index (χ3v) is 5.56. The molecule has 0 aliphatic carbocycles. The quantitative estimate of drug-likeness (QED) is 0.774. The second-order valence-electron chi connectivity index (χ2n) is 6.25. The smallest absolute Gasteiger partial charge is 0.246 e. The zero-order valence-electron chi connectivity index (χ0n) is 14.6. The predicted octanol–water partition coefficient (Wildman–Crippen LogP) is 3.62. The number of halogens is 1. The summed E-state index contributed by atoms with van der Waals surface area (Å²) >= 11 is 1.62. The molecule has 134 valence electrons. The van der Waals surface area contributed by atoms with Crippen LogP contribution < -0.4 is 0 Å². The fraction of sp³-hybridized carbons (Fsp3) is 0.300. The molecule has 0 N–H and O–H groups in total. The van der Waals surface area contributed by atoms with Crippen LogP contribution in [0.15, 0.2) is 41.8 Å². The topological polar surface area (TPSA) is 47.3 Å². The van der Waals surface area contributed by atoms with E-state index in [4.69, 9.17) is 0 Å². The molecule has 2 aromatic rings. The van der Waals surface area contributed by atoms with Crippen molar-refractivity contribution in [1.82, 2.24) is 9.80 Å². The summed E-state index contributed by atoms with van der Waals surface area (Å²) in [5, 5.41) is 11.5. The van der Waals surface area contributed by atoms with Crippen LogP contribution >= 0.6 is 11.3 Å². The molecule has 1 aliphatic rings. The van der Waals surface area contributed by atoms with Crippen molar-refractivity contribution in [1.29, 1.82) is 5.26 Å². The lowest BCUT2D eigenvalue weighted by molar-refractivity contribution is -0.127. The molecule has 6 heteroatoms. The van der Waals surface area contributed by atoms with Crippen molar-refractivity contribution in [3.8, 4) is 6.07 Å². The van der Waals surface area contributed by atoms with Crippen LogP contribution in [0.3, 0.4) is 0 Å². The van der Waals surface area contributed by atoms with Gasteiger partial charge in [-0.1, -0.05) is 12.1 Å². The van der Waals surface area contributed by atoms with Gasteiger partial charge in [-0.3, -0.25) is 9.69 Å². The number of nitriles is 1. The van der Waals surface area contributed by atoms with E-state index >= 15 is 0 Å². The summed E-state index contributed by atoms with van der Waals surface area (Å²) in [5.74, 6) is -0.318. The van der Waals surface area contributed by atoms with Gasteiger partial charge in [0.1, 0.15) is 11.9 Å². The molecule has 1 fully saturated rings. The largest absolute Gasteiger partial charge is 0.337 e. The highest BCUT2D eigenvalue weighted by Gasteiger charge is 2.26. The Kier molecular flexibility index (Phi) is 5.82. The maximum absolute atomic E-state index is 13.1. The number of rotatable bonds is 4. The fourth-order valence-electron chi connectivity index (χ4n) is 3.02. The zero-order chi connectivity index (χ0) is 18.5. The average Bonchev–Trinajstić information content (AvgIpc) is 3.07. The van der Waals surface area contributed by atoms with Gasteiger partial charge in [-0.2, -0.15) is 5.26 Å². The van der Waals surface area contributed by atoms with Gasteiger partial charge in [-0.15, -0.1) is 11.3 Å². The molecule has 1 atom stereocenters. The number of nitrogens with zero attached hydrogens (tertiary/aromatic N) is 3. The molecule has 1 unspecified atom stereocenters. The summed E-state index contributed by atoms with van der Waals surface area (Å²) in [4.78, 5) is 17.3. The third kappa shape index (κ3) is 4.18. The summed E-state index contributed by atoms with van der Waals surface area (Å²) in [7, 11) is 0. The van der Waals surface area contributed by atoms with Crippen LogP contribution in [0, 0.1) is 24.1 Å². The van der Waals surface area contributed by atoms with E-state index in [9.17, 15) is 14.4 Å². The molecule has 1 aliphatic heterocycles. The van der Waals surface area contributed by atoms with Gasteiger partial charge in [0.2, 0.25) is 5.91 Å². The highest BCUT2D eigenvalue weighted by atomic mass is 32.1. The van der Waals surface area contributed by atoms with Gasteiger partial charge in [0.05, 0.1) is 6.07 Å². The van der Waals surface area contributed by atoms with E-state index in [0.717, 1.165) is 10.4 Å². The first kappa shape index (κ1) is 18.3. The lowest BCUT2D eigenvalue weighted by atomic mass is 10.1. The monoisotopic (exact) mass is 369 g/mol. The molecule has 1 amide bonds. The van der Waals surface area contributed by atoms with Crippen LogP contribution in [0.25, 0.3) is 6.08 Å². The van der Waals surface area contributed by atoms with Crippen molar-refractivity contribution in [2.24, 2.45) is 0 Å². The first-order valence-electron chi connectivity index (χ1n) is 8.48. The summed E-state index contributed by atoms with van der Waals surface area (Å²) < 4.78 is 13.1. The molecule has 1 saturated heterocycles. The second-order valence-corrected chi connectivity index (χ2v) is 7.19. The number of aryl methyl sites for hydroxylation is 1. The Morgan fingerprint density at radius 2 is 1.92 bits per heavy atom. The molecule has 2 heterocycles.